The van der Waals surface area contributed by atoms with Crippen LogP contribution >= 0.6 is 0 Å². The second-order valence-corrected chi connectivity index (χ2v) is 11.1. The van der Waals surface area contributed by atoms with E-state index < -0.39 is 33.6 Å². The molecule has 0 saturated carbocycles. The van der Waals surface area contributed by atoms with Gasteiger partial charge in [-0.25, -0.2) is 22.0 Å². The molecule has 4 aromatic rings. The van der Waals surface area contributed by atoms with E-state index in [1.807, 2.05) is 0 Å². The number of carbonyl (C=O) groups excluding carboxylic acids is 2. The number of urea groups is 1. The lowest BCUT2D eigenvalue weighted by atomic mass is 9.97. The molecule has 5 rings (SSSR count). The lowest BCUT2D eigenvalue weighted by Gasteiger charge is -2.30. The van der Waals surface area contributed by atoms with Crippen LogP contribution in [-0.4, -0.2) is 42.7 Å². The van der Waals surface area contributed by atoms with Crippen LogP contribution in [0.1, 0.15) is 12.8 Å². The number of piperidine rings is 1. The summed E-state index contributed by atoms with van der Waals surface area (Å²) < 4.78 is 54.3. The Morgan fingerprint density at radius 2 is 1.54 bits per heavy atom. The molecule has 0 radical (unpaired) electrons. The van der Waals surface area contributed by atoms with Crippen molar-refractivity contribution in [2.45, 2.75) is 17.7 Å². The van der Waals surface area contributed by atoms with Crippen LogP contribution in [0.5, 0.6) is 0 Å². The second-order valence-electron chi connectivity index (χ2n) is 9.15. The van der Waals surface area contributed by atoms with Gasteiger partial charge in [-0.15, -0.1) is 0 Å². The molecular formula is C27H25F2N5O4S. The van der Waals surface area contributed by atoms with Gasteiger partial charge < -0.3 is 20.9 Å². The SMILES string of the molecule is O=C(Nc1ccc(NC(=O)C2CCN(S(=O)(=O)c3ccccc3F)CC2)cc1)Nc1c[nH]c2ccc(F)cc12. The summed E-state index contributed by atoms with van der Waals surface area (Å²) in [5.41, 5.74) is 2.10. The summed E-state index contributed by atoms with van der Waals surface area (Å²) in [6.07, 6.45) is 2.18. The molecule has 3 aromatic carbocycles. The molecule has 1 aromatic heterocycles. The van der Waals surface area contributed by atoms with E-state index in [0.29, 0.717) is 40.8 Å². The van der Waals surface area contributed by atoms with Crippen molar-refractivity contribution in [3.05, 3.63) is 84.6 Å². The van der Waals surface area contributed by atoms with Crippen LogP contribution in [-0.2, 0) is 14.8 Å². The fraction of sp³-hybridized carbons (Fsp3) is 0.185. The molecule has 0 aliphatic carbocycles. The van der Waals surface area contributed by atoms with Crippen molar-refractivity contribution >= 4 is 49.9 Å². The van der Waals surface area contributed by atoms with Crippen LogP contribution < -0.4 is 16.0 Å². The summed E-state index contributed by atoms with van der Waals surface area (Å²) in [6.45, 7) is 0.214. The van der Waals surface area contributed by atoms with Gasteiger partial charge in [-0.3, -0.25) is 4.79 Å². The first-order chi connectivity index (χ1) is 18.7. The predicted molar refractivity (Wildman–Crippen MR) is 144 cm³/mol. The van der Waals surface area contributed by atoms with Crippen molar-refractivity contribution in [3.63, 3.8) is 0 Å². The van der Waals surface area contributed by atoms with E-state index in [4.69, 9.17) is 0 Å². The number of nitrogens with zero attached hydrogens (tertiary/aromatic N) is 1. The minimum atomic E-state index is -3.98. The number of aromatic nitrogens is 1. The molecule has 9 nitrogen and oxygen atoms in total. The summed E-state index contributed by atoms with van der Waals surface area (Å²) in [4.78, 5) is 27.8. The Kier molecular flexibility index (Phi) is 7.31. The van der Waals surface area contributed by atoms with Gasteiger partial charge in [0.05, 0.1) is 5.69 Å². The average Bonchev–Trinajstić information content (AvgIpc) is 3.31. The highest BCUT2D eigenvalue weighted by molar-refractivity contribution is 7.89. The molecule has 0 bridgehead atoms. The number of rotatable bonds is 6. The van der Waals surface area contributed by atoms with E-state index in [9.17, 15) is 26.8 Å². The van der Waals surface area contributed by atoms with Gasteiger partial charge in [0, 0.05) is 47.5 Å². The standard InChI is InChI=1S/C27H25F2N5O4S/c28-18-5-10-23-21(15-18)24(16-30-23)33-27(36)32-20-8-6-19(7-9-20)31-26(35)17-11-13-34(14-12-17)39(37,38)25-4-2-1-3-22(25)29/h1-10,15-17,30H,11-14H2,(H,31,35)(H2,32,33,36). The summed E-state index contributed by atoms with van der Waals surface area (Å²) in [5.74, 6) is -1.87. The highest BCUT2D eigenvalue weighted by atomic mass is 32.2. The van der Waals surface area contributed by atoms with E-state index in [1.54, 1.807) is 36.5 Å². The maximum Gasteiger partial charge on any atom is 0.323 e. The molecule has 0 spiro atoms. The fourth-order valence-corrected chi connectivity index (χ4v) is 6.05. The van der Waals surface area contributed by atoms with Crippen molar-refractivity contribution < 1.29 is 26.8 Å². The molecule has 1 fully saturated rings. The Morgan fingerprint density at radius 3 is 2.23 bits per heavy atom. The Hall–Kier alpha value is -4.29. The first-order valence-corrected chi connectivity index (χ1v) is 13.6. The van der Waals surface area contributed by atoms with Gasteiger partial charge in [0.2, 0.25) is 15.9 Å². The van der Waals surface area contributed by atoms with Crippen LogP contribution in [0, 0.1) is 17.6 Å². The fourth-order valence-electron chi connectivity index (χ4n) is 4.51. The van der Waals surface area contributed by atoms with Crippen molar-refractivity contribution in [1.82, 2.24) is 9.29 Å². The smallest absolute Gasteiger partial charge is 0.323 e. The van der Waals surface area contributed by atoms with Gasteiger partial charge >= 0.3 is 6.03 Å². The van der Waals surface area contributed by atoms with Crippen molar-refractivity contribution in [2.24, 2.45) is 5.92 Å². The van der Waals surface area contributed by atoms with Crippen LogP contribution in [0.4, 0.5) is 30.6 Å². The number of anilines is 3. The number of fused-ring (bicyclic) bond motifs is 1. The van der Waals surface area contributed by atoms with E-state index in [1.165, 1.54) is 34.6 Å². The zero-order valence-electron chi connectivity index (χ0n) is 20.6. The molecule has 0 atom stereocenters. The van der Waals surface area contributed by atoms with Crippen LogP contribution in [0.25, 0.3) is 10.9 Å². The van der Waals surface area contributed by atoms with Crippen LogP contribution in [0.2, 0.25) is 0 Å². The van der Waals surface area contributed by atoms with Crippen molar-refractivity contribution in [3.8, 4) is 0 Å². The van der Waals surface area contributed by atoms with Crippen molar-refractivity contribution in [2.75, 3.05) is 29.0 Å². The Bertz CT molecular complexity index is 1630. The lowest BCUT2D eigenvalue weighted by molar-refractivity contribution is -0.120. The van der Waals surface area contributed by atoms with E-state index in [-0.39, 0.29) is 23.9 Å². The third-order valence-electron chi connectivity index (χ3n) is 6.58. The van der Waals surface area contributed by atoms with E-state index in [2.05, 4.69) is 20.9 Å². The Balaban J connectivity index is 1.13. The third-order valence-corrected chi connectivity index (χ3v) is 8.51. The van der Waals surface area contributed by atoms with Gasteiger partial charge in [0.25, 0.3) is 0 Å². The first-order valence-electron chi connectivity index (χ1n) is 12.2. The summed E-state index contributed by atoms with van der Waals surface area (Å²) in [7, 11) is -3.98. The Labute approximate surface area is 223 Å². The molecule has 39 heavy (non-hydrogen) atoms. The number of carbonyl (C=O) groups is 2. The maximum atomic E-state index is 14.0. The minimum absolute atomic E-state index is 0.107. The molecule has 0 unspecified atom stereocenters. The average molecular weight is 554 g/mol. The maximum absolute atomic E-state index is 14.0. The van der Waals surface area contributed by atoms with Gasteiger partial charge in [-0.05, 0) is 67.4 Å². The number of H-pyrrole nitrogens is 1. The molecule has 1 aliphatic rings. The lowest BCUT2D eigenvalue weighted by Crippen LogP contribution is -2.41. The Morgan fingerprint density at radius 1 is 0.872 bits per heavy atom. The van der Waals surface area contributed by atoms with Crippen LogP contribution in [0.15, 0.2) is 77.8 Å². The quantitative estimate of drug-likeness (QED) is 0.264. The predicted octanol–water partition coefficient (Wildman–Crippen LogP) is 5.13. The molecule has 1 saturated heterocycles. The monoisotopic (exact) mass is 553 g/mol. The number of benzene rings is 3. The molecule has 2 heterocycles. The number of nitrogens with one attached hydrogen (secondary N) is 4. The number of hydrogen-bond acceptors (Lipinski definition) is 4. The molecule has 12 heteroatoms. The van der Waals surface area contributed by atoms with Gasteiger partial charge in [-0.1, -0.05) is 12.1 Å². The molecular weight excluding hydrogens is 528 g/mol. The van der Waals surface area contributed by atoms with Gasteiger partial charge in [-0.2, -0.15) is 4.31 Å². The number of aromatic amines is 1. The van der Waals surface area contributed by atoms with Gasteiger partial charge in [0.1, 0.15) is 16.5 Å². The number of halogens is 2. The largest absolute Gasteiger partial charge is 0.359 e. The molecule has 3 amide bonds. The third kappa shape index (κ3) is 5.76. The second kappa shape index (κ2) is 10.8. The van der Waals surface area contributed by atoms with Crippen LogP contribution in [0.3, 0.4) is 0 Å². The molecule has 202 valence electrons. The van der Waals surface area contributed by atoms with E-state index >= 15 is 0 Å². The summed E-state index contributed by atoms with van der Waals surface area (Å²) in [6, 6.07) is 15.4. The van der Waals surface area contributed by atoms with E-state index in [0.717, 1.165) is 6.07 Å². The summed E-state index contributed by atoms with van der Waals surface area (Å²) >= 11 is 0. The highest BCUT2D eigenvalue weighted by Gasteiger charge is 2.33. The highest BCUT2D eigenvalue weighted by Crippen LogP contribution is 2.27. The normalized spacial score (nSPS) is 14.7. The molecule has 4 N–H and O–H groups in total. The van der Waals surface area contributed by atoms with Gasteiger partial charge in [0.15, 0.2) is 0 Å². The minimum Gasteiger partial charge on any atom is -0.359 e. The first kappa shape index (κ1) is 26.3. The van der Waals surface area contributed by atoms with Crippen molar-refractivity contribution in [1.29, 1.82) is 0 Å². The number of sulfonamides is 1. The molecule has 1 aliphatic heterocycles. The number of amides is 3. The zero-order valence-corrected chi connectivity index (χ0v) is 21.4. The summed E-state index contributed by atoms with van der Waals surface area (Å²) in [5, 5.41) is 8.71. The topological polar surface area (TPSA) is 123 Å². The number of hydrogen-bond donors (Lipinski definition) is 4. The zero-order chi connectivity index (χ0) is 27.6.